The first kappa shape index (κ1) is 27.3. The predicted octanol–water partition coefficient (Wildman–Crippen LogP) is 6.22. The molecule has 0 saturated carbocycles. The number of nitrogens with zero attached hydrogens (tertiary/aromatic N) is 1. The van der Waals surface area contributed by atoms with E-state index in [0.717, 1.165) is 36.3 Å². The minimum absolute atomic E-state index is 0.172. The molecule has 1 N–H and O–H groups in total. The first-order chi connectivity index (χ1) is 17.5. The summed E-state index contributed by atoms with van der Waals surface area (Å²) in [6.45, 7) is 2.35. The van der Waals surface area contributed by atoms with Gasteiger partial charge in [0.2, 0.25) is 5.91 Å². The molecule has 1 atom stereocenters. The van der Waals surface area contributed by atoms with Gasteiger partial charge in [0, 0.05) is 12.3 Å². The Balaban J connectivity index is 1.56. The number of hydrogen-bond donors (Lipinski definition) is 1. The van der Waals surface area contributed by atoms with Crippen molar-refractivity contribution in [3.05, 3.63) is 53.8 Å². The molecule has 0 radical (unpaired) electrons. The Morgan fingerprint density at radius 3 is 2.31 bits per heavy atom. The normalized spacial score (nSPS) is 14.6. The number of imide groups is 1. The van der Waals surface area contributed by atoms with Gasteiger partial charge in [-0.05, 0) is 54.4 Å². The summed E-state index contributed by atoms with van der Waals surface area (Å²) in [6, 6.07) is 9.50. The molecule has 7 nitrogen and oxygen atoms in total. The van der Waals surface area contributed by atoms with E-state index in [1.807, 2.05) is 0 Å². The molecule has 0 spiro atoms. The average molecular weight is 499 g/mol. The van der Waals surface area contributed by atoms with E-state index in [1.54, 1.807) is 24.3 Å². The lowest BCUT2D eigenvalue weighted by molar-refractivity contribution is -0.130. The van der Waals surface area contributed by atoms with Crippen LogP contribution in [-0.4, -0.2) is 38.0 Å². The highest BCUT2D eigenvalue weighted by Crippen LogP contribution is 2.39. The number of methoxy groups -OCH3 is 1. The van der Waals surface area contributed by atoms with E-state index in [9.17, 15) is 18.8 Å². The van der Waals surface area contributed by atoms with E-state index in [2.05, 4.69) is 12.2 Å². The molecule has 0 saturated heterocycles. The monoisotopic (exact) mass is 498 g/mol. The van der Waals surface area contributed by atoms with Gasteiger partial charge in [-0.15, -0.1) is 0 Å². The van der Waals surface area contributed by atoms with Crippen LogP contribution in [0.5, 0.6) is 5.75 Å². The van der Waals surface area contributed by atoms with Crippen LogP contribution in [0.25, 0.3) is 0 Å². The zero-order valence-corrected chi connectivity index (χ0v) is 21.1. The van der Waals surface area contributed by atoms with Crippen molar-refractivity contribution in [3.63, 3.8) is 0 Å². The van der Waals surface area contributed by atoms with Gasteiger partial charge in [0.15, 0.2) is 5.78 Å². The van der Waals surface area contributed by atoms with E-state index < -0.39 is 29.5 Å². The van der Waals surface area contributed by atoms with Crippen LogP contribution < -0.4 is 15.0 Å². The lowest BCUT2D eigenvalue weighted by Gasteiger charge is -2.17. The number of fused-ring (bicyclic) bond motifs is 1. The SMILES string of the molecule is CCCCCCCCCCOCC(=O)C1C(=O)N(C(=O)Nc2ccc(OC)cc2)c2ccc(F)cc21. The number of halogens is 1. The van der Waals surface area contributed by atoms with Crippen LogP contribution in [0.1, 0.15) is 69.8 Å². The van der Waals surface area contributed by atoms with Gasteiger partial charge >= 0.3 is 6.03 Å². The molecule has 1 heterocycles. The van der Waals surface area contributed by atoms with Crippen molar-refractivity contribution >= 4 is 29.1 Å². The van der Waals surface area contributed by atoms with Gasteiger partial charge in [-0.1, -0.05) is 51.9 Å². The second kappa shape index (κ2) is 13.7. The number of hydrogen-bond acceptors (Lipinski definition) is 5. The molecule has 0 bridgehead atoms. The van der Waals surface area contributed by atoms with Crippen LogP contribution in [0.2, 0.25) is 0 Å². The first-order valence-electron chi connectivity index (χ1n) is 12.6. The third kappa shape index (κ3) is 7.13. The third-order valence-electron chi connectivity index (χ3n) is 6.26. The number of carbonyl (C=O) groups excluding carboxylic acids is 3. The minimum atomic E-state index is -1.28. The smallest absolute Gasteiger partial charge is 0.333 e. The quantitative estimate of drug-likeness (QED) is 0.247. The number of anilines is 2. The molecular weight excluding hydrogens is 463 g/mol. The highest BCUT2D eigenvalue weighted by molar-refractivity contribution is 6.29. The van der Waals surface area contributed by atoms with Gasteiger partial charge in [0.25, 0.3) is 0 Å². The Morgan fingerprint density at radius 2 is 1.64 bits per heavy atom. The number of carbonyl (C=O) groups is 3. The summed E-state index contributed by atoms with van der Waals surface area (Å²) in [5.41, 5.74) is 0.806. The van der Waals surface area contributed by atoms with Crippen molar-refractivity contribution in [1.29, 1.82) is 0 Å². The number of rotatable bonds is 14. The van der Waals surface area contributed by atoms with Crippen LogP contribution in [0.3, 0.4) is 0 Å². The third-order valence-corrected chi connectivity index (χ3v) is 6.26. The Kier molecular flexibility index (Phi) is 10.4. The molecule has 0 aliphatic carbocycles. The first-order valence-corrected chi connectivity index (χ1v) is 12.6. The van der Waals surface area contributed by atoms with Crippen LogP contribution in [0.15, 0.2) is 42.5 Å². The fourth-order valence-electron chi connectivity index (χ4n) is 4.31. The Labute approximate surface area is 212 Å². The van der Waals surface area contributed by atoms with Crippen molar-refractivity contribution in [2.75, 3.05) is 30.5 Å². The standard InChI is InChI=1S/C28H35FN2O5/c1-3-4-5-6-7-8-9-10-17-36-19-25(32)26-23-18-20(29)11-16-24(23)31(27(26)33)28(34)30-21-12-14-22(35-2)15-13-21/h11-16,18,26H,3-10,17,19H2,1-2H3,(H,30,34). The minimum Gasteiger partial charge on any atom is -0.497 e. The van der Waals surface area contributed by atoms with Crippen molar-refractivity contribution in [1.82, 2.24) is 0 Å². The molecule has 3 rings (SSSR count). The zero-order valence-electron chi connectivity index (χ0n) is 21.1. The average Bonchev–Trinajstić information content (AvgIpc) is 3.16. The van der Waals surface area contributed by atoms with Crippen LogP contribution >= 0.6 is 0 Å². The number of Topliss-reactive ketones (excluding diaryl/α,β-unsaturated/α-hetero) is 1. The Morgan fingerprint density at radius 1 is 0.972 bits per heavy atom. The fourth-order valence-corrected chi connectivity index (χ4v) is 4.31. The molecule has 8 heteroatoms. The largest absolute Gasteiger partial charge is 0.497 e. The number of ketones is 1. The van der Waals surface area contributed by atoms with Crippen molar-refractivity contribution in [3.8, 4) is 5.75 Å². The maximum atomic E-state index is 14.0. The second-order valence-corrected chi connectivity index (χ2v) is 8.96. The van der Waals surface area contributed by atoms with Crippen LogP contribution in [0, 0.1) is 5.82 Å². The van der Waals surface area contributed by atoms with Gasteiger partial charge in [0.1, 0.15) is 24.1 Å². The molecule has 1 aliphatic rings. The highest BCUT2D eigenvalue weighted by atomic mass is 19.1. The lowest BCUT2D eigenvalue weighted by atomic mass is 9.96. The van der Waals surface area contributed by atoms with Gasteiger partial charge in [-0.25, -0.2) is 14.1 Å². The summed E-state index contributed by atoms with van der Waals surface area (Å²) in [7, 11) is 1.53. The number of amides is 3. The van der Waals surface area contributed by atoms with Crippen LogP contribution in [-0.2, 0) is 14.3 Å². The summed E-state index contributed by atoms with van der Waals surface area (Å²) in [5, 5.41) is 2.64. The van der Waals surface area contributed by atoms with Crippen molar-refractivity contribution in [2.24, 2.45) is 0 Å². The van der Waals surface area contributed by atoms with E-state index in [-0.39, 0.29) is 17.9 Å². The summed E-state index contributed by atoms with van der Waals surface area (Å²) in [4.78, 5) is 40.0. The van der Waals surface area contributed by atoms with Crippen molar-refractivity contribution < 1.29 is 28.2 Å². The molecule has 3 amide bonds. The molecule has 0 aromatic heterocycles. The van der Waals surface area contributed by atoms with Gasteiger partial charge < -0.3 is 14.8 Å². The molecule has 1 aliphatic heterocycles. The summed E-state index contributed by atoms with van der Waals surface area (Å²) in [6.07, 6.45) is 9.21. The summed E-state index contributed by atoms with van der Waals surface area (Å²) >= 11 is 0. The number of unbranched alkanes of at least 4 members (excludes halogenated alkanes) is 7. The second-order valence-electron chi connectivity index (χ2n) is 8.96. The molecule has 36 heavy (non-hydrogen) atoms. The van der Waals surface area contributed by atoms with Gasteiger partial charge in [0.05, 0.1) is 12.8 Å². The maximum absolute atomic E-state index is 14.0. The maximum Gasteiger partial charge on any atom is 0.333 e. The van der Waals surface area contributed by atoms with E-state index in [1.165, 1.54) is 45.3 Å². The van der Waals surface area contributed by atoms with Crippen molar-refractivity contribution in [2.45, 2.75) is 64.2 Å². The molecule has 1 unspecified atom stereocenters. The fraction of sp³-hybridized carbons (Fsp3) is 0.464. The molecule has 194 valence electrons. The topological polar surface area (TPSA) is 84.9 Å². The van der Waals surface area contributed by atoms with Gasteiger partial charge in [-0.3, -0.25) is 9.59 Å². The molecule has 2 aromatic rings. The summed E-state index contributed by atoms with van der Waals surface area (Å²) in [5.74, 6) is -2.47. The molecular formula is C28H35FN2O5. The predicted molar refractivity (Wildman–Crippen MR) is 137 cm³/mol. The van der Waals surface area contributed by atoms with E-state index >= 15 is 0 Å². The Bertz CT molecular complexity index is 1040. The van der Waals surface area contributed by atoms with Gasteiger partial charge in [-0.2, -0.15) is 0 Å². The molecule has 0 fully saturated rings. The molecule has 2 aromatic carbocycles. The number of ether oxygens (including phenoxy) is 2. The number of urea groups is 1. The lowest BCUT2D eigenvalue weighted by Crippen LogP contribution is -2.40. The van der Waals surface area contributed by atoms with E-state index in [4.69, 9.17) is 9.47 Å². The zero-order chi connectivity index (χ0) is 25.9. The summed E-state index contributed by atoms with van der Waals surface area (Å²) < 4.78 is 24.6. The van der Waals surface area contributed by atoms with E-state index in [0.29, 0.717) is 18.0 Å². The number of benzene rings is 2. The number of nitrogens with one attached hydrogen (secondary N) is 1. The Hall–Kier alpha value is -3.26. The highest BCUT2D eigenvalue weighted by Gasteiger charge is 2.44. The van der Waals surface area contributed by atoms with Crippen LogP contribution in [0.4, 0.5) is 20.6 Å².